The van der Waals surface area contributed by atoms with Crippen LogP contribution in [0.3, 0.4) is 0 Å². The van der Waals surface area contributed by atoms with Crippen LogP contribution in [-0.2, 0) is 0 Å². The highest BCUT2D eigenvalue weighted by Crippen LogP contribution is 2.29. The minimum absolute atomic E-state index is 0.706. The largest absolute Gasteiger partial charge is 0.228 e. The Morgan fingerprint density at radius 3 is 1.48 bits per heavy atom. The third-order valence-electron chi connectivity index (χ3n) is 5.17. The predicted molar refractivity (Wildman–Crippen MR) is 129 cm³/mol. The molecule has 0 saturated carbocycles. The van der Waals surface area contributed by atoms with Crippen LogP contribution < -0.4 is 0 Å². The lowest BCUT2D eigenvalue weighted by Crippen LogP contribution is -1.95. The lowest BCUT2D eigenvalue weighted by atomic mass is 10.0. The molecule has 5 rings (SSSR count). The van der Waals surface area contributed by atoms with E-state index < -0.39 is 0 Å². The third-order valence-corrected chi connectivity index (χ3v) is 5.40. The van der Waals surface area contributed by atoms with Crippen LogP contribution in [0.2, 0.25) is 5.02 Å². The van der Waals surface area contributed by atoms with Gasteiger partial charge in [0.05, 0.1) is 11.4 Å². The first-order valence-electron chi connectivity index (χ1n) is 10.1. The van der Waals surface area contributed by atoms with Crippen molar-refractivity contribution in [3.63, 3.8) is 0 Å². The van der Waals surface area contributed by atoms with Gasteiger partial charge in [0.1, 0.15) is 0 Å². The average molecular weight is 419 g/mol. The molecule has 5 aromatic rings. The van der Waals surface area contributed by atoms with Crippen LogP contribution in [-0.4, -0.2) is 9.97 Å². The number of halogens is 1. The summed E-state index contributed by atoms with van der Waals surface area (Å²) in [6, 6.07) is 38.6. The smallest absolute Gasteiger partial charge is 0.160 e. The molecule has 0 spiro atoms. The van der Waals surface area contributed by atoms with E-state index in [1.165, 1.54) is 0 Å². The topological polar surface area (TPSA) is 25.8 Å². The fourth-order valence-corrected chi connectivity index (χ4v) is 3.76. The molecule has 0 aliphatic carbocycles. The Kier molecular flexibility index (Phi) is 5.30. The van der Waals surface area contributed by atoms with Crippen molar-refractivity contribution in [3.8, 4) is 45.0 Å². The van der Waals surface area contributed by atoms with Crippen LogP contribution in [0.5, 0.6) is 0 Å². The Balaban J connectivity index is 1.59. The first kappa shape index (κ1) is 19.2. The number of rotatable bonds is 4. The Bertz CT molecular complexity index is 1260. The zero-order chi connectivity index (χ0) is 21.0. The van der Waals surface area contributed by atoms with E-state index in [1.54, 1.807) is 0 Å². The maximum Gasteiger partial charge on any atom is 0.160 e. The molecular formula is C28H19ClN2. The van der Waals surface area contributed by atoms with Crippen LogP contribution in [0.4, 0.5) is 0 Å². The number of hydrogen-bond acceptors (Lipinski definition) is 2. The van der Waals surface area contributed by atoms with Gasteiger partial charge in [-0.15, -0.1) is 0 Å². The summed E-state index contributed by atoms with van der Waals surface area (Å²) in [6.07, 6.45) is 0. The predicted octanol–water partition coefficient (Wildman–Crippen LogP) is 7.80. The molecule has 1 aromatic heterocycles. The SMILES string of the molecule is Clc1cccc(-c2ccc(-c3nc(-c4ccccc4)cc(-c4ccccc4)n3)cc2)c1. The Labute approximate surface area is 186 Å². The maximum atomic E-state index is 6.15. The summed E-state index contributed by atoms with van der Waals surface area (Å²) < 4.78 is 0. The molecule has 0 radical (unpaired) electrons. The van der Waals surface area contributed by atoms with E-state index in [4.69, 9.17) is 21.6 Å². The van der Waals surface area contributed by atoms with Crippen molar-refractivity contribution in [3.05, 3.63) is 120 Å². The van der Waals surface area contributed by atoms with Crippen LogP contribution in [0, 0.1) is 0 Å². The van der Waals surface area contributed by atoms with E-state index >= 15 is 0 Å². The monoisotopic (exact) mass is 418 g/mol. The van der Waals surface area contributed by atoms with Gasteiger partial charge in [-0.05, 0) is 29.3 Å². The van der Waals surface area contributed by atoms with Gasteiger partial charge >= 0.3 is 0 Å². The minimum atomic E-state index is 0.706. The summed E-state index contributed by atoms with van der Waals surface area (Å²) >= 11 is 6.15. The summed E-state index contributed by atoms with van der Waals surface area (Å²) in [5.74, 6) is 0.706. The molecule has 0 aliphatic rings. The lowest BCUT2D eigenvalue weighted by molar-refractivity contribution is 1.18. The molecule has 31 heavy (non-hydrogen) atoms. The second-order valence-electron chi connectivity index (χ2n) is 7.28. The van der Waals surface area contributed by atoms with Crippen LogP contribution in [0.25, 0.3) is 45.0 Å². The van der Waals surface area contributed by atoms with Crippen molar-refractivity contribution in [1.82, 2.24) is 9.97 Å². The molecule has 0 fully saturated rings. The Morgan fingerprint density at radius 1 is 0.419 bits per heavy atom. The fraction of sp³-hybridized carbons (Fsp3) is 0. The van der Waals surface area contributed by atoms with Crippen LogP contribution in [0.1, 0.15) is 0 Å². The number of benzene rings is 4. The van der Waals surface area contributed by atoms with Crippen molar-refractivity contribution in [2.24, 2.45) is 0 Å². The summed E-state index contributed by atoms with van der Waals surface area (Å²) in [4.78, 5) is 9.77. The molecule has 0 N–H and O–H groups in total. The number of nitrogens with zero attached hydrogens (tertiary/aromatic N) is 2. The van der Waals surface area contributed by atoms with Gasteiger partial charge in [-0.25, -0.2) is 9.97 Å². The van der Waals surface area contributed by atoms with Crippen molar-refractivity contribution in [2.75, 3.05) is 0 Å². The third kappa shape index (κ3) is 4.25. The lowest BCUT2D eigenvalue weighted by Gasteiger charge is -2.10. The minimum Gasteiger partial charge on any atom is -0.228 e. The van der Waals surface area contributed by atoms with E-state index in [-0.39, 0.29) is 0 Å². The summed E-state index contributed by atoms with van der Waals surface area (Å²) in [5, 5.41) is 0.730. The van der Waals surface area contributed by atoms with Gasteiger partial charge < -0.3 is 0 Å². The number of hydrogen-bond donors (Lipinski definition) is 0. The molecule has 0 amide bonds. The average Bonchev–Trinajstić information content (AvgIpc) is 2.85. The molecule has 148 valence electrons. The van der Waals surface area contributed by atoms with E-state index in [0.717, 1.165) is 44.2 Å². The van der Waals surface area contributed by atoms with Crippen LogP contribution >= 0.6 is 11.6 Å². The summed E-state index contributed by atoms with van der Waals surface area (Å²) in [6.45, 7) is 0. The van der Waals surface area contributed by atoms with Crippen molar-refractivity contribution in [2.45, 2.75) is 0 Å². The molecule has 4 aromatic carbocycles. The second kappa shape index (κ2) is 8.55. The van der Waals surface area contributed by atoms with Gasteiger partial charge in [0, 0.05) is 21.7 Å². The Morgan fingerprint density at radius 2 is 0.935 bits per heavy atom. The molecule has 0 saturated heterocycles. The number of aromatic nitrogens is 2. The molecule has 3 heteroatoms. The van der Waals surface area contributed by atoms with Crippen molar-refractivity contribution < 1.29 is 0 Å². The van der Waals surface area contributed by atoms with E-state index in [1.807, 2.05) is 54.6 Å². The molecule has 0 aliphatic heterocycles. The molecular weight excluding hydrogens is 400 g/mol. The summed E-state index contributed by atoms with van der Waals surface area (Å²) in [5.41, 5.74) is 7.11. The molecule has 2 nitrogen and oxygen atoms in total. The van der Waals surface area contributed by atoms with Crippen molar-refractivity contribution in [1.29, 1.82) is 0 Å². The first-order valence-corrected chi connectivity index (χ1v) is 10.5. The molecule has 0 atom stereocenters. The van der Waals surface area contributed by atoms with E-state index in [9.17, 15) is 0 Å². The zero-order valence-electron chi connectivity index (χ0n) is 16.7. The fourth-order valence-electron chi connectivity index (χ4n) is 3.57. The first-order chi connectivity index (χ1) is 15.3. The maximum absolute atomic E-state index is 6.15. The zero-order valence-corrected chi connectivity index (χ0v) is 17.5. The van der Waals surface area contributed by atoms with Gasteiger partial charge in [-0.3, -0.25) is 0 Å². The van der Waals surface area contributed by atoms with Gasteiger partial charge in [-0.1, -0.05) is 109 Å². The highest BCUT2D eigenvalue weighted by molar-refractivity contribution is 6.30. The van der Waals surface area contributed by atoms with E-state index in [2.05, 4.69) is 60.7 Å². The molecule has 0 bridgehead atoms. The normalized spacial score (nSPS) is 10.7. The van der Waals surface area contributed by atoms with Gasteiger partial charge in [0.2, 0.25) is 0 Å². The van der Waals surface area contributed by atoms with Gasteiger partial charge in [0.25, 0.3) is 0 Å². The Hall–Kier alpha value is -3.75. The standard InChI is InChI=1S/C28H19ClN2/c29-25-13-7-12-24(18-25)20-14-16-23(17-15-20)28-30-26(21-8-3-1-4-9-21)19-27(31-28)22-10-5-2-6-11-22/h1-19H. The highest BCUT2D eigenvalue weighted by Gasteiger charge is 2.10. The van der Waals surface area contributed by atoms with E-state index in [0.29, 0.717) is 5.82 Å². The van der Waals surface area contributed by atoms with Gasteiger partial charge in [0.15, 0.2) is 5.82 Å². The second-order valence-corrected chi connectivity index (χ2v) is 7.72. The molecule has 1 heterocycles. The molecule has 0 unspecified atom stereocenters. The quantitative estimate of drug-likeness (QED) is 0.297. The summed E-state index contributed by atoms with van der Waals surface area (Å²) in [7, 11) is 0. The van der Waals surface area contributed by atoms with Gasteiger partial charge in [-0.2, -0.15) is 0 Å². The van der Waals surface area contributed by atoms with Crippen molar-refractivity contribution >= 4 is 11.6 Å². The van der Waals surface area contributed by atoms with Crippen LogP contribution in [0.15, 0.2) is 115 Å². The highest BCUT2D eigenvalue weighted by atomic mass is 35.5.